The van der Waals surface area contributed by atoms with Crippen molar-refractivity contribution in [2.75, 3.05) is 0 Å². The summed E-state index contributed by atoms with van der Waals surface area (Å²) in [5.41, 5.74) is 0. The molecule has 0 radical (unpaired) electrons. The highest BCUT2D eigenvalue weighted by Crippen LogP contribution is 1.98. The summed E-state index contributed by atoms with van der Waals surface area (Å²) in [4.78, 5) is 0. The first-order valence-electron chi connectivity index (χ1n) is 3.31. The normalized spacial score (nSPS) is 12.7. The Bertz CT molecular complexity index is 208. The fourth-order valence-electron chi connectivity index (χ4n) is 0.463. The third-order valence-corrected chi connectivity index (χ3v) is 1.46. The topological polar surface area (TPSA) is 50.7 Å². The van der Waals surface area contributed by atoms with Crippen molar-refractivity contribution in [2.45, 2.75) is 0 Å². The van der Waals surface area contributed by atoms with Crippen LogP contribution in [0.1, 0.15) is 0 Å². The third kappa shape index (κ3) is 4.45. The van der Waals surface area contributed by atoms with Crippen LogP contribution in [0.3, 0.4) is 0 Å². The molecule has 0 aliphatic carbocycles. The quantitative estimate of drug-likeness (QED) is 0.607. The van der Waals surface area contributed by atoms with E-state index in [0.717, 1.165) is 0 Å². The number of rotatable bonds is 0. The summed E-state index contributed by atoms with van der Waals surface area (Å²) in [7, 11) is 0. The number of allylic oxidation sites excluding steroid dienone is 2. The maximum absolute atomic E-state index is 3.42. The summed E-state index contributed by atoms with van der Waals surface area (Å²) in [5, 5.41) is 12.1. The van der Waals surface area contributed by atoms with Crippen LogP contribution in [0.25, 0.3) is 0 Å². The maximum Gasteiger partial charge on any atom is 0.0529 e. The second kappa shape index (κ2) is 6.36. The van der Waals surface area contributed by atoms with E-state index in [4.69, 9.17) is 0 Å². The zero-order valence-corrected chi connectivity index (χ0v) is 7.11. The van der Waals surface area contributed by atoms with Crippen LogP contribution in [0.15, 0.2) is 42.2 Å². The second-order valence-electron chi connectivity index (χ2n) is 1.73. The van der Waals surface area contributed by atoms with Gasteiger partial charge in [0.05, 0.1) is 12.4 Å². The number of nitrogens with zero attached hydrogens (tertiary/aromatic N) is 3. The molecule has 1 aromatic rings. The highest BCUT2D eigenvalue weighted by molar-refractivity contribution is 8.00. The molecule has 2 heterocycles. The molecule has 5 heteroatoms. The zero-order chi connectivity index (χ0) is 8.49. The van der Waals surface area contributed by atoms with Gasteiger partial charge in [-0.1, -0.05) is 6.08 Å². The van der Waals surface area contributed by atoms with Crippen LogP contribution in [-0.2, 0) is 0 Å². The van der Waals surface area contributed by atoms with E-state index in [2.05, 4.69) is 20.1 Å². The van der Waals surface area contributed by atoms with Crippen molar-refractivity contribution in [3.8, 4) is 0 Å². The summed E-state index contributed by atoms with van der Waals surface area (Å²) in [5.74, 6) is 0. The van der Waals surface area contributed by atoms with Gasteiger partial charge in [0, 0.05) is 6.20 Å². The minimum Gasteiger partial charge on any atom is -0.333 e. The number of hydrogen-bond acceptors (Lipinski definition) is 5. The Balaban J connectivity index is 0.000000120. The lowest BCUT2D eigenvalue weighted by molar-refractivity contribution is 0.865. The van der Waals surface area contributed by atoms with Crippen molar-refractivity contribution in [2.24, 2.45) is 0 Å². The van der Waals surface area contributed by atoms with Gasteiger partial charge in [-0.25, -0.2) is 0 Å². The Kier molecular flexibility index (Phi) is 4.63. The summed E-state index contributed by atoms with van der Waals surface area (Å²) in [6.45, 7) is 0. The summed E-state index contributed by atoms with van der Waals surface area (Å²) in [6.07, 6.45) is 8.99. The molecule has 4 nitrogen and oxygen atoms in total. The van der Waals surface area contributed by atoms with Crippen LogP contribution in [0, 0.1) is 0 Å². The molecule has 0 spiro atoms. The van der Waals surface area contributed by atoms with Gasteiger partial charge in [0.25, 0.3) is 0 Å². The highest BCUT2D eigenvalue weighted by Gasteiger charge is 1.74. The van der Waals surface area contributed by atoms with Gasteiger partial charge in [-0.2, -0.15) is 0 Å². The highest BCUT2D eigenvalue weighted by atomic mass is 32.2. The van der Waals surface area contributed by atoms with Crippen molar-refractivity contribution >= 4 is 11.9 Å². The second-order valence-corrected chi connectivity index (χ2v) is 2.48. The van der Waals surface area contributed by atoms with Gasteiger partial charge < -0.3 is 4.72 Å². The fraction of sp³-hybridized carbons (Fsp3) is 0. The van der Waals surface area contributed by atoms with E-state index in [1.807, 2.05) is 23.8 Å². The summed E-state index contributed by atoms with van der Waals surface area (Å²) < 4.78 is 2.93. The van der Waals surface area contributed by atoms with Gasteiger partial charge in [-0.3, -0.25) is 0 Å². The Morgan fingerprint density at radius 2 is 1.92 bits per heavy atom. The zero-order valence-electron chi connectivity index (χ0n) is 6.29. The van der Waals surface area contributed by atoms with Crippen molar-refractivity contribution < 1.29 is 0 Å². The lowest BCUT2D eigenvalue weighted by Crippen LogP contribution is -1.88. The lowest BCUT2D eigenvalue weighted by Gasteiger charge is -1.93. The van der Waals surface area contributed by atoms with Crippen molar-refractivity contribution in [3.05, 3.63) is 42.2 Å². The van der Waals surface area contributed by atoms with Crippen LogP contribution in [-0.4, -0.2) is 15.4 Å². The molecule has 0 atom stereocenters. The van der Waals surface area contributed by atoms with Gasteiger partial charge in [0.2, 0.25) is 0 Å². The van der Waals surface area contributed by atoms with Crippen LogP contribution >= 0.6 is 11.9 Å². The number of hydrogen-bond donors (Lipinski definition) is 1. The first-order valence-corrected chi connectivity index (χ1v) is 4.19. The molecule has 0 fully saturated rings. The van der Waals surface area contributed by atoms with E-state index in [1.54, 1.807) is 30.4 Å². The lowest BCUT2D eigenvalue weighted by atomic mass is 10.6. The van der Waals surface area contributed by atoms with Gasteiger partial charge >= 0.3 is 0 Å². The molecule has 1 aliphatic rings. The molecule has 0 aromatic carbocycles. The largest absolute Gasteiger partial charge is 0.333 e. The predicted octanol–water partition coefficient (Wildman–Crippen LogP) is 1.14. The van der Waals surface area contributed by atoms with E-state index in [-0.39, 0.29) is 0 Å². The Hall–Kier alpha value is -1.36. The summed E-state index contributed by atoms with van der Waals surface area (Å²) >= 11 is 1.58. The minimum atomic E-state index is 1.58. The molecule has 2 rings (SSSR count). The molecule has 1 aliphatic heterocycles. The molecule has 0 saturated heterocycles. The molecular formula is C7H8N4S. The SMILES string of the molecule is C1=CNSC=C1.c1cnnnc1. The van der Waals surface area contributed by atoms with E-state index in [0.29, 0.717) is 0 Å². The van der Waals surface area contributed by atoms with Crippen molar-refractivity contribution in [1.82, 2.24) is 20.1 Å². The van der Waals surface area contributed by atoms with Crippen molar-refractivity contribution in [1.29, 1.82) is 0 Å². The average Bonchev–Trinajstić information content (AvgIpc) is 2.24. The molecule has 0 unspecified atom stereocenters. The Labute approximate surface area is 74.9 Å². The molecule has 62 valence electrons. The Morgan fingerprint density at radius 3 is 2.08 bits per heavy atom. The van der Waals surface area contributed by atoms with E-state index in [1.165, 1.54) is 0 Å². The Morgan fingerprint density at radius 1 is 1.08 bits per heavy atom. The standard InChI is InChI=1S/C4H5NS.C3H3N3/c2*1-2-4-6-5-3-1/h1-5H;1-3H. The van der Waals surface area contributed by atoms with Crippen LogP contribution < -0.4 is 4.72 Å². The molecule has 1 N–H and O–H groups in total. The molecule has 0 bridgehead atoms. The molecule has 0 saturated carbocycles. The monoisotopic (exact) mass is 180 g/mol. The van der Waals surface area contributed by atoms with Gasteiger partial charge in [0.1, 0.15) is 0 Å². The molecule has 12 heavy (non-hydrogen) atoms. The first-order chi connectivity index (χ1) is 6.00. The van der Waals surface area contributed by atoms with Crippen LogP contribution in [0.4, 0.5) is 0 Å². The van der Waals surface area contributed by atoms with E-state index < -0.39 is 0 Å². The summed E-state index contributed by atoms with van der Waals surface area (Å²) in [6, 6.07) is 1.72. The number of aromatic nitrogens is 3. The van der Waals surface area contributed by atoms with E-state index in [9.17, 15) is 0 Å². The van der Waals surface area contributed by atoms with Crippen LogP contribution in [0.5, 0.6) is 0 Å². The average molecular weight is 180 g/mol. The molecular weight excluding hydrogens is 172 g/mol. The van der Waals surface area contributed by atoms with Crippen LogP contribution in [0.2, 0.25) is 0 Å². The van der Waals surface area contributed by atoms with Gasteiger partial charge in [0.15, 0.2) is 0 Å². The third-order valence-electron chi connectivity index (χ3n) is 0.899. The van der Waals surface area contributed by atoms with Gasteiger partial charge in [-0.15, -0.1) is 10.2 Å². The van der Waals surface area contributed by atoms with Gasteiger partial charge in [-0.05, 0) is 34.7 Å². The molecule has 0 amide bonds. The van der Waals surface area contributed by atoms with Crippen molar-refractivity contribution in [3.63, 3.8) is 0 Å². The maximum atomic E-state index is 3.42. The predicted molar refractivity (Wildman–Crippen MR) is 48.8 cm³/mol. The fourth-order valence-corrected chi connectivity index (χ4v) is 0.868. The number of nitrogens with one attached hydrogen (secondary N) is 1. The minimum absolute atomic E-state index is 1.58. The first kappa shape index (κ1) is 8.73. The molecule has 1 aromatic heterocycles. The smallest absolute Gasteiger partial charge is 0.0529 e. The van der Waals surface area contributed by atoms with E-state index >= 15 is 0 Å².